The minimum atomic E-state index is 0.510. The smallest absolute Gasteiger partial charge is 0.122 e. The highest BCUT2D eigenvalue weighted by Gasteiger charge is 2.54. The van der Waals surface area contributed by atoms with Crippen LogP contribution in [0.1, 0.15) is 23.0 Å². The lowest BCUT2D eigenvalue weighted by Crippen LogP contribution is -2.42. The number of rotatable bonds is 3. The first kappa shape index (κ1) is 12.9. The predicted molar refractivity (Wildman–Crippen MR) is 82.7 cm³/mol. The van der Waals surface area contributed by atoms with E-state index in [9.17, 15) is 0 Å². The van der Waals surface area contributed by atoms with Crippen molar-refractivity contribution in [2.24, 2.45) is 11.8 Å². The van der Waals surface area contributed by atoms with Gasteiger partial charge in [-0.1, -0.05) is 48.5 Å². The zero-order valence-electron chi connectivity index (χ0n) is 12.2. The molecule has 0 amide bonds. The van der Waals surface area contributed by atoms with E-state index in [0.717, 1.165) is 19.0 Å². The Morgan fingerprint density at radius 3 is 2.29 bits per heavy atom. The van der Waals surface area contributed by atoms with Crippen molar-refractivity contribution in [3.63, 3.8) is 0 Å². The van der Waals surface area contributed by atoms with Crippen molar-refractivity contribution in [3.05, 3.63) is 65.7 Å². The van der Waals surface area contributed by atoms with Gasteiger partial charge in [-0.15, -0.1) is 0 Å². The van der Waals surface area contributed by atoms with E-state index in [-0.39, 0.29) is 0 Å². The molecule has 0 N–H and O–H groups in total. The van der Waals surface area contributed by atoms with Gasteiger partial charge in [-0.05, 0) is 34.9 Å². The number of hydrogen-bond donors (Lipinski definition) is 0. The van der Waals surface area contributed by atoms with Gasteiger partial charge in [0.1, 0.15) is 5.75 Å². The number of ether oxygens (including phenoxy) is 2. The molecule has 108 valence electrons. The van der Waals surface area contributed by atoms with Crippen LogP contribution in [0.5, 0.6) is 5.75 Å². The Morgan fingerprint density at radius 1 is 0.857 bits per heavy atom. The summed E-state index contributed by atoms with van der Waals surface area (Å²) in [5, 5.41) is 0. The maximum atomic E-state index is 5.77. The van der Waals surface area contributed by atoms with Crippen LogP contribution in [0.4, 0.5) is 0 Å². The third-order valence-electron chi connectivity index (χ3n) is 5.16. The summed E-state index contributed by atoms with van der Waals surface area (Å²) < 4.78 is 11.4. The van der Waals surface area contributed by atoms with Gasteiger partial charge in [0, 0.05) is 5.92 Å². The van der Waals surface area contributed by atoms with E-state index in [1.54, 1.807) is 7.11 Å². The molecule has 2 aromatic rings. The van der Waals surface area contributed by atoms with Gasteiger partial charge in [-0.3, -0.25) is 0 Å². The highest BCUT2D eigenvalue weighted by molar-refractivity contribution is 5.43. The van der Waals surface area contributed by atoms with Gasteiger partial charge in [-0.2, -0.15) is 0 Å². The topological polar surface area (TPSA) is 18.5 Å². The highest BCUT2D eigenvalue weighted by Crippen LogP contribution is 2.61. The third kappa shape index (κ3) is 1.97. The van der Waals surface area contributed by atoms with E-state index in [1.807, 2.05) is 6.07 Å². The molecule has 0 radical (unpaired) electrons. The van der Waals surface area contributed by atoms with Gasteiger partial charge < -0.3 is 9.47 Å². The minimum Gasteiger partial charge on any atom is -0.496 e. The summed E-state index contributed by atoms with van der Waals surface area (Å²) in [7, 11) is 1.76. The lowest BCUT2D eigenvalue weighted by Gasteiger charge is -2.48. The minimum absolute atomic E-state index is 0.510. The number of fused-ring (bicyclic) bond motifs is 1. The summed E-state index contributed by atoms with van der Waals surface area (Å²) in [6.07, 6.45) is 0. The third-order valence-corrected chi connectivity index (χ3v) is 5.16. The standard InChI is InChI=1S/C19H20O2/c1-20-17-10-6-5-9-14(17)19-16-12-21-11-15(16)18(19)13-7-3-2-4-8-13/h2-10,15-16,18-19H,11-12H2,1H3/t15-,16+,18+,19-/m1/s1. The molecule has 1 aliphatic carbocycles. The first-order chi connectivity index (χ1) is 10.4. The fourth-order valence-corrected chi connectivity index (χ4v) is 4.21. The maximum Gasteiger partial charge on any atom is 0.122 e. The molecule has 0 bridgehead atoms. The summed E-state index contributed by atoms with van der Waals surface area (Å²) >= 11 is 0. The van der Waals surface area contributed by atoms with E-state index < -0.39 is 0 Å². The van der Waals surface area contributed by atoms with Gasteiger partial charge in [0.15, 0.2) is 0 Å². The molecule has 0 aromatic heterocycles. The summed E-state index contributed by atoms with van der Waals surface area (Å²) in [6, 6.07) is 19.3. The van der Waals surface area contributed by atoms with Crippen LogP contribution in [0.25, 0.3) is 0 Å². The molecular weight excluding hydrogens is 260 g/mol. The molecule has 0 unspecified atom stereocenters. The van der Waals surface area contributed by atoms with Crippen molar-refractivity contribution in [1.82, 2.24) is 0 Å². The van der Waals surface area contributed by atoms with Crippen LogP contribution in [-0.4, -0.2) is 20.3 Å². The average molecular weight is 280 g/mol. The highest BCUT2D eigenvalue weighted by atomic mass is 16.5. The van der Waals surface area contributed by atoms with Crippen molar-refractivity contribution < 1.29 is 9.47 Å². The van der Waals surface area contributed by atoms with Crippen molar-refractivity contribution in [1.29, 1.82) is 0 Å². The Bertz CT molecular complexity index is 622. The molecule has 1 aliphatic heterocycles. The Hall–Kier alpha value is -1.80. The number of benzene rings is 2. The molecule has 2 fully saturated rings. The second-order valence-corrected chi connectivity index (χ2v) is 6.07. The Kier molecular flexibility index (Phi) is 3.19. The van der Waals surface area contributed by atoms with Gasteiger partial charge in [0.2, 0.25) is 0 Å². The SMILES string of the molecule is COc1ccccc1[C@@H]1[C@H]2COC[C@H]2[C@@H]1c1ccccc1. The molecule has 4 rings (SSSR count). The summed E-state index contributed by atoms with van der Waals surface area (Å²) in [5.74, 6) is 3.36. The molecule has 2 heteroatoms. The number of para-hydroxylation sites is 1. The monoisotopic (exact) mass is 280 g/mol. The zero-order valence-corrected chi connectivity index (χ0v) is 12.2. The summed E-state index contributed by atoms with van der Waals surface area (Å²) in [5.41, 5.74) is 2.76. The summed E-state index contributed by atoms with van der Waals surface area (Å²) in [6.45, 7) is 1.78. The van der Waals surface area contributed by atoms with E-state index in [4.69, 9.17) is 9.47 Å². The molecule has 2 aromatic carbocycles. The van der Waals surface area contributed by atoms with Crippen LogP contribution in [0.3, 0.4) is 0 Å². The first-order valence-corrected chi connectivity index (χ1v) is 7.65. The summed E-state index contributed by atoms with van der Waals surface area (Å²) in [4.78, 5) is 0. The van der Waals surface area contributed by atoms with Crippen LogP contribution in [0.2, 0.25) is 0 Å². The first-order valence-electron chi connectivity index (χ1n) is 7.65. The molecule has 2 aliphatic rings. The van der Waals surface area contributed by atoms with Crippen LogP contribution < -0.4 is 4.74 Å². The normalized spacial score (nSPS) is 30.5. The molecule has 21 heavy (non-hydrogen) atoms. The van der Waals surface area contributed by atoms with Crippen LogP contribution in [0, 0.1) is 11.8 Å². The number of hydrogen-bond acceptors (Lipinski definition) is 2. The van der Waals surface area contributed by atoms with Gasteiger partial charge >= 0.3 is 0 Å². The second kappa shape index (κ2) is 5.19. The Morgan fingerprint density at radius 2 is 1.52 bits per heavy atom. The molecule has 0 spiro atoms. The van der Waals surface area contributed by atoms with E-state index >= 15 is 0 Å². The molecule has 1 saturated heterocycles. The Labute approximate surface area is 125 Å². The van der Waals surface area contributed by atoms with Crippen LogP contribution >= 0.6 is 0 Å². The molecule has 4 atom stereocenters. The number of methoxy groups -OCH3 is 1. The van der Waals surface area contributed by atoms with Gasteiger partial charge in [0.25, 0.3) is 0 Å². The molecule has 1 saturated carbocycles. The van der Waals surface area contributed by atoms with Gasteiger partial charge in [0.05, 0.1) is 20.3 Å². The van der Waals surface area contributed by atoms with Crippen molar-refractivity contribution >= 4 is 0 Å². The van der Waals surface area contributed by atoms with Crippen molar-refractivity contribution in [3.8, 4) is 5.75 Å². The quantitative estimate of drug-likeness (QED) is 0.850. The maximum absolute atomic E-state index is 5.77. The van der Waals surface area contributed by atoms with E-state index in [2.05, 4.69) is 48.5 Å². The molecular formula is C19H20O2. The average Bonchev–Trinajstić information content (AvgIpc) is 2.93. The largest absolute Gasteiger partial charge is 0.496 e. The molecule has 2 nitrogen and oxygen atoms in total. The Balaban J connectivity index is 1.75. The van der Waals surface area contributed by atoms with Crippen molar-refractivity contribution in [2.45, 2.75) is 11.8 Å². The van der Waals surface area contributed by atoms with E-state index in [1.165, 1.54) is 11.1 Å². The second-order valence-electron chi connectivity index (χ2n) is 6.07. The van der Waals surface area contributed by atoms with Crippen LogP contribution in [0.15, 0.2) is 54.6 Å². The van der Waals surface area contributed by atoms with Crippen LogP contribution in [-0.2, 0) is 4.74 Å². The van der Waals surface area contributed by atoms with Gasteiger partial charge in [-0.25, -0.2) is 0 Å². The van der Waals surface area contributed by atoms with Crippen molar-refractivity contribution in [2.75, 3.05) is 20.3 Å². The fraction of sp³-hybridized carbons (Fsp3) is 0.368. The lowest BCUT2D eigenvalue weighted by atomic mass is 9.54. The predicted octanol–water partition coefficient (Wildman–Crippen LogP) is 3.84. The zero-order chi connectivity index (χ0) is 14.2. The fourth-order valence-electron chi connectivity index (χ4n) is 4.21. The molecule has 1 heterocycles. The van der Waals surface area contributed by atoms with E-state index in [0.29, 0.717) is 23.7 Å². The lowest BCUT2D eigenvalue weighted by molar-refractivity contribution is 0.139.